The molecule has 0 amide bonds. The van der Waals surface area contributed by atoms with Crippen molar-refractivity contribution in [2.24, 2.45) is 0 Å². The summed E-state index contributed by atoms with van der Waals surface area (Å²) >= 11 is 1.32. The molecule has 1 aliphatic rings. The van der Waals surface area contributed by atoms with Gasteiger partial charge in [-0.25, -0.2) is 0 Å². The van der Waals surface area contributed by atoms with Crippen LogP contribution >= 0.6 is 11.8 Å². The molecule has 1 aromatic heterocycles. The summed E-state index contributed by atoms with van der Waals surface area (Å²) in [6, 6.07) is 14.1. The lowest BCUT2D eigenvalue weighted by molar-refractivity contribution is -0.0498. The number of aromatic nitrogens is 3. The number of nitrogens with zero attached hydrogens (tertiary/aromatic N) is 4. The molecule has 1 saturated heterocycles. The van der Waals surface area contributed by atoms with Gasteiger partial charge in [-0.05, 0) is 62.2 Å². The summed E-state index contributed by atoms with van der Waals surface area (Å²) < 4.78 is 31.5. The smallest absolute Gasteiger partial charge is 0.387 e. The summed E-state index contributed by atoms with van der Waals surface area (Å²) in [6.07, 6.45) is 4.46. The number of likely N-dealkylation sites (tertiary alicyclic amines) is 1. The van der Waals surface area contributed by atoms with Gasteiger partial charge < -0.3 is 4.74 Å². The van der Waals surface area contributed by atoms with Crippen LogP contribution in [0.1, 0.15) is 47.9 Å². The number of ether oxygens (including phenoxy) is 1. The second kappa shape index (κ2) is 11.6. The standard InChI is InChI=1S/C25H28F2N4O2S/c1-2-18-6-8-19(9-7-18)22(32)17-34-25-29-28-23(16-30-14-4-3-5-15-30)31(25)20-10-12-21(13-11-20)33-24(26)27/h6-13,24H,2-5,14-17H2,1H3. The van der Waals surface area contributed by atoms with Gasteiger partial charge in [0.2, 0.25) is 0 Å². The van der Waals surface area contributed by atoms with Gasteiger partial charge in [0.25, 0.3) is 0 Å². The highest BCUT2D eigenvalue weighted by atomic mass is 32.2. The van der Waals surface area contributed by atoms with Gasteiger partial charge in [0.1, 0.15) is 5.75 Å². The van der Waals surface area contributed by atoms with Gasteiger partial charge >= 0.3 is 6.61 Å². The van der Waals surface area contributed by atoms with Gasteiger partial charge in [-0.3, -0.25) is 14.3 Å². The van der Waals surface area contributed by atoms with E-state index in [4.69, 9.17) is 0 Å². The van der Waals surface area contributed by atoms with Crippen molar-refractivity contribution >= 4 is 17.5 Å². The summed E-state index contributed by atoms with van der Waals surface area (Å²) in [5, 5.41) is 9.38. The second-order valence-corrected chi connectivity index (χ2v) is 9.15. The monoisotopic (exact) mass is 486 g/mol. The molecule has 1 aliphatic heterocycles. The minimum atomic E-state index is -2.88. The third-order valence-electron chi connectivity index (χ3n) is 5.85. The van der Waals surface area contributed by atoms with E-state index in [9.17, 15) is 13.6 Å². The van der Waals surface area contributed by atoms with E-state index in [1.165, 1.54) is 35.9 Å². The van der Waals surface area contributed by atoms with Gasteiger partial charge in [0.05, 0.1) is 12.3 Å². The summed E-state index contributed by atoms with van der Waals surface area (Å²) in [4.78, 5) is 15.1. The topological polar surface area (TPSA) is 60.2 Å². The fourth-order valence-corrected chi connectivity index (χ4v) is 4.85. The molecule has 1 fully saturated rings. The molecule has 0 aliphatic carbocycles. The van der Waals surface area contributed by atoms with E-state index in [0.29, 0.717) is 17.3 Å². The van der Waals surface area contributed by atoms with Crippen LogP contribution in [0.15, 0.2) is 53.7 Å². The van der Waals surface area contributed by atoms with Crippen LogP contribution < -0.4 is 4.74 Å². The minimum absolute atomic E-state index is 0.0143. The molecule has 0 saturated carbocycles. The number of ketones is 1. The maximum atomic E-state index is 12.8. The largest absolute Gasteiger partial charge is 0.435 e. The first-order valence-corrected chi connectivity index (χ1v) is 12.5. The predicted molar refractivity (Wildman–Crippen MR) is 128 cm³/mol. The summed E-state index contributed by atoms with van der Waals surface area (Å²) in [6.45, 7) is 1.84. The van der Waals surface area contributed by atoms with Crippen molar-refractivity contribution in [2.45, 2.75) is 50.9 Å². The molecule has 34 heavy (non-hydrogen) atoms. The Morgan fingerprint density at radius 3 is 2.38 bits per heavy atom. The van der Waals surface area contributed by atoms with Crippen LogP contribution in [-0.4, -0.2) is 50.9 Å². The Morgan fingerprint density at radius 2 is 1.74 bits per heavy atom. The van der Waals surface area contributed by atoms with Gasteiger partial charge in [-0.2, -0.15) is 8.78 Å². The maximum Gasteiger partial charge on any atom is 0.387 e. The SMILES string of the molecule is CCc1ccc(C(=O)CSc2nnc(CN3CCCCC3)n2-c2ccc(OC(F)F)cc2)cc1. The molecule has 6 nitrogen and oxygen atoms in total. The van der Waals surface area contributed by atoms with Gasteiger partial charge in [0, 0.05) is 11.3 Å². The Bertz CT molecular complexity index is 1080. The third kappa shape index (κ3) is 6.21. The molecule has 0 spiro atoms. The summed E-state index contributed by atoms with van der Waals surface area (Å²) in [5.41, 5.74) is 2.59. The number of thioether (sulfide) groups is 1. The van der Waals surface area contributed by atoms with Crippen molar-refractivity contribution in [3.8, 4) is 11.4 Å². The number of aryl methyl sites for hydroxylation is 1. The Balaban J connectivity index is 1.55. The van der Waals surface area contributed by atoms with Crippen molar-refractivity contribution < 1.29 is 18.3 Å². The molecule has 0 bridgehead atoms. The van der Waals surface area contributed by atoms with E-state index in [1.807, 2.05) is 28.8 Å². The first-order valence-electron chi connectivity index (χ1n) is 11.5. The minimum Gasteiger partial charge on any atom is -0.435 e. The zero-order valence-electron chi connectivity index (χ0n) is 19.1. The molecular formula is C25H28F2N4O2S. The number of Topliss-reactive ketones (excluding diaryl/α,β-unsaturated/α-hetero) is 1. The van der Waals surface area contributed by atoms with Crippen molar-refractivity contribution in [2.75, 3.05) is 18.8 Å². The highest BCUT2D eigenvalue weighted by Crippen LogP contribution is 2.26. The normalized spacial score (nSPS) is 14.5. The van der Waals surface area contributed by atoms with E-state index in [2.05, 4.69) is 26.8 Å². The fourth-order valence-electron chi connectivity index (χ4n) is 3.99. The Morgan fingerprint density at radius 1 is 1.03 bits per heavy atom. The van der Waals surface area contributed by atoms with Crippen LogP contribution in [0, 0.1) is 0 Å². The molecule has 4 rings (SSSR count). The molecule has 9 heteroatoms. The van der Waals surface area contributed by atoms with Crippen molar-refractivity contribution in [3.63, 3.8) is 0 Å². The average molecular weight is 487 g/mol. The van der Waals surface area contributed by atoms with Crippen molar-refractivity contribution in [1.82, 2.24) is 19.7 Å². The molecule has 0 N–H and O–H groups in total. The number of hydrogen-bond acceptors (Lipinski definition) is 6. The lowest BCUT2D eigenvalue weighted by Gasteiger charge is -2.26. The van der Waals surface area contributed by atoms with Gasteiger partial charge in [-0.15, -0.1) is 10.2 Å². The van der Waals surface area contributed by atoms with E-state index in [0.717, 1.165) is 43.9 Å². The van der Waals surface area contributed by atoms with E-state index in [1.54, 1.807) is 12.1 Å². The highest BCUT2D eigenvalue weighted by Gasteiger charge is 2.20. The number of carbonyl (C=O) groups excluding carboxylic acids is 1. The predicted octanol–water partition coefficient (Wildman–Crippen LogP) is 5.39. The van der Waals surface area contributed by atoms with Gasteiger partial charge in [-0.1, -0.05) is 49.4 Å². The van der Waals surface area contributed by atoms with Crippen LogP contribution in [0.3, 0.4) is 0 Å². The van der Waals surface area contributed by atoms with E-state index >= 15 is 0 Å². The number of halogens is 2. The quantitative estimate of drug-likeness (QED) is 0.283. The number of rotatable bonds is 10. The number of carbonyl (C=O) groups is 1. The maximum absolute atomic E-state index is 12.8. The Kier molecular flexibility index (Phi) is 8.29. The molecular weight excluding hydrogens is 458 g/mol. The van der Waals surface area contributed by atoms with Crippen LogP contribution in [0.2, 0.25) is 0 Å². The van der Waals surface area contributed by atoms with E-state index < -0.39 is 6.61 Å². The lowest BCUT2D eigenvalue weighted by atomic mass is 10.1. The zero-order chi connectivity index (χ0) is 23.9. The highest BCUT2D eigenvalue weighted by molar-refractivity contribution is 7.99. The molecule has 0 atom stereocenters. The summed E-state index contributed by atoms with van der Waals surface area (Å²) in [7, 11) is 0. The van der Waals surface area contributed by atoms with Crippen LogP contribution in [-0.2, 0) is 13.0 Å². The van der Waals surface area contributed by atoms with Crippen LogP contribution in [0.4, 0.5) is 8.78 Å². The zero-order valence-corrected chi connectivity index (χ0v) is 19.9. The summed E-state index contributed by atoms with van der Waals surface area (Å²) in [5.74, 6) is 1.08. The molecule has 0 unspecified atom stereocenters. The number of piperidine rings is 1. The second-order valence-electron chi connectivity index (χ2n) is 8.21. The van der Waals surface area contributed by atoms with Gasteiger partial charge in [0.15, 0.2) is 16.8 Å². The van der Waals surface area contributed by atoms with Crippen molar-refractivity contribution in [3.05, 3.63) is 65.5 Å². The third-order valence-corrected chi connectivity index (χ3v) is 6.78. The molecule has 180 valence electrons. The van der Waals surface area contributed by atoms with Crippen LogP contribution in [0.5, 0.6) is 5.75 Å². The fraction of sp³-hybridized carbons (Fsp3) is 0.400. The van der Waals surface area contributed by atoms with E-state index in [-0.39, 0.29) is 17.3 Å². The first-order chi connectivity index (χ1) is 16.5. The molecule has 0 radical (unpaired) electrons. The average Bonchev–Trinajstić information content (AvgIpc) is 3.25. The van der Waals surface area contributed by atoms with Crippen molar-refractivity contribution in [1.29, 1.82) is 0 Å². The molecule has 2 heterocycles. The Labute approximate surface area is 202 Å². The molecule has 3 aromatic rings. The number of benzene rings is 2. The lowest BCUT2D eigenvalue weighted by Crippen LogP contribution is -2.30. The number of alkyl halides is 2. The Hall–Kier alpha value is -2.78. The number of hydrogen-bond donors (Lipinski definition) is 0. The molecule has 2 aromatic carbocycles. The van der Waals surface area contributed by atoms with Crippen LogP contribution in [0.25, 0.3) is 5.69 Å². The first kappa shape index (κ1) is 24.3.